The van der Waals surface area contributed by atoms with Crippen LogP contribution in [0, 0.1) is 6.92 Å². The van der Waals surface area contributed by atoms with Gasteiger partial charge >= 0.3 is 0 Å². The van der Waals surface area contributed by atoms with Crippen molar-refractivity contribution in [2.24, 2.45) is 5.73 Å². The number of carbonyl (C=O) groups is 1. The number of carbonyl (C=O) groups excluding carboxylic acids is 1. The van der Waals surface area contributed by atoms with Gasteiger partial charge in [-0.15, -0.1) is 0 Å². The van der Waals surface area contributed by atoms with E-state index in [0.717, 1.165) is 30.6 Å². The number of rotatable bonds is 3. The van der Waals surface area contributed by atoms with Crippen molar-refractivity contribution in [2.75, 3.05) is 18.4 Å². The van der Waals surface area contributed by atoms with E-state index in [4.69, 9.17) is 17.3 Å². The van der Waals surface area contributed by atoms with Gasteiger partial charge in [-0.3, -0.25) is 9.69 Å². The smallest absolute Gasteiger partial charge is 0.238 e. The summed E-state index contributed by atoms with van der Waals surface area (Å²) in [5.41, 5.74) is 7.62. The molecule has 1 fully saturated rings. The van der Waals surface area contributed by atoms with Crippen LogP contribution >= 0.6 is 11.6 Å². The first-order valence-electron chi connectivity index (χ1n) is 7.02. The van der Waals surface area contributed by atoms with Crippen LogP contribution in [0.5, 0.6) is 0 Å². The van der Waals surface area contributed by atoms with Gasteiger partial charge in [-0.05, 0) is 44.4 Å². The van der Waals surface area contributed by atoms with Crippen LogP contribution in [0.15, 0.2) is 18.2 Å². The number of anilines is 1. The topological polar surface area (TPSA) is 58.4 Å². The summed E-state index contributed by atoms with van der Waals surface area (Å²) in [7, 11) is 0. The summed E-state index contributed by atoms with van der Waals surface area (Å²) in [4.78, 5) is 14.3. The second-order valence-electron chi connectivity index (χ2n) is 5.56. The van der Waals surface area contributed by atoms with E-state index in [0.29, 0.717) is 17.6 Å². The summed E-state index contributed by atoms with van der Waals surface area (Å²) in [5.74, 6) is -0.00214. The summed E-state index contributed by atoms with van der Waals surface area (Å²) in [6.45, 7) is 5.31. The Bertz CT molecular complexity index is 492. The van der Waals surface area contributed by atoms with Crippen LogP contribution in [0.2, 0.25) is 5.02 Å². The monoisotopic (exact) mass is 295 g/mol. The molecule has 0 radical (unpaired) electrons. The number of halogens is 1. The molecule has 20 heavy (non-hydrogen) atoms. The summed E-state index contributed by atoms with van der Waals surface area (Å²) in [6, 6.07) is 6.15. The largest absolute Gasteiger partial charge is 0.328 e. The Morgan fingerprint density at radius 1 is 1.55 bits per heavy atom. The molecule has 110 valence electrons. The van der Waals surface area contributed by atoms with Crippen molar-refractivity contribution in [1.82, 2.24) is 4.90 Å². The lowest BCUT2D eigenvalue weighted by molar-refractivity contribution is -0.118. The Hall–Kier alpha value is -1.10. The van der Waals surface area contributed by atoms with Crippen LogP contribution in [-0.4, -0.2) is 36.0 Å². The molecular formula is C15H22ClN3O. The first-order chi connectivity index (χ1) is 9.47. The lowest BCUT2D eigenvalue weighted by atomic mass is 9.99. The van der Waals surface area contributed by atoms with Crippen LogP contribution in [0.1, 0.15) is 25.3 Å². The van der Waals surface area contributed by atoms with E-state index in [9.17, 15) is 4.79 Å². The van der Waals surface area contributed by atoms with E-state index in [-0.39, 0.29) is 11.9 Å². The van der Waals surface area contributed by atoms with Crippen LogP contribution < -0.4 is 11.1 Å². The molecule has 1 heterocycles. The molecule has 5 heteroatoms. The molecule has 2 unspecified atom stereocenters. The Kier molecular flexibility index (Phi) is 5.02. The number of hydrogen-bond donors (Lipinski definition) is 2. The number of amides is 1. The van der Waals surface area contributed by atoms with Gasteiger partial charge in [0.15, 0.2) is 0 Å². The minimum atomic E-state index is -0.00214. The highest BCUT2D eigenvalue weighted by Gasteiger charge is 2.24. The molecule has 1 aromatic rings. The number of hydrogen-bond acceptors (Lipinski definition) is 3. The van der Waals surface area contributed by atoms with Crippen LogP contribution in [-0.2, 0) is 4.79 Å². The highest BCUT2D eigenvalue weighted by atomic mass is 35.5. The maximum atomic E-state index is 12.1. The summed E-state index contributed by atoms with van der Waals surface area (Å²) in [5, 5.41) is 3.60. The average Bonchev–Trinajstić information content (AvgIpc) is 2.38. The van der Waals surface area contributed by atoms with Crippen LogP contribution in [0.3, 0.4) is 0 Å². The van der Waals surface area contributed by atoms with Crippen molar-refractivity contribution in [2.45, 2.75) is 38.8 Å². The average molecular weight is 296 g/mol. The summed E-state index contributed by atoms with van der Waals surface area (Å²) < 4.78 is 0. The molecule has 1 aliphatic rings. The molecule has 1 amide bonds. The lowest BCUT2D eigenvalue weighted by Crippen LogP contribution is -2.48. The summed E-state index contributed by atoms with van der Waals surface area (Å²) >= 11 is 6.05. The van der Waals surface area contributed by atoms with E-state index in [1.807, 2.05) is 25.1 Å². The predicted octanol–water partition coefficient (Wildman–Crippen LogP) is 2.40. The molecule has 1 saturated heterocycles. The molecule has 0 bridgehead atoms. The van der Waals surface area contributed by atoms with Crippen molar-refractivity contribution in [1.29, 1.82) is 0 Å². The Labute approximate surface area is 125 Å². The lowest BCUT2D eigenvalue weighted by Gasteiger charge is -2.35. The van der Waals surface area contributed by atoms with Gasteiger partial charge in [-0.2, -0.15) is 0 Å². The molecule has 0 aliphatic carbocycles. The Morgan fingerprint density at radius 3 is 3.00 bits per heavy atom. The zero-order valence-corrected chi connectivity index (χ0v) is 12.8. The molecular weight excluding hydrogens is 274 g/mol. The Morgan fingerprint density at radius 2 is 2.30 bits per heavy atom. The Balaban J connectivity index is 1.94. The van der Waals surface area contributed by atoms with Gasteiger partial charge in [0, 0.05) is 29.3 Å². The van der Waals surface area contributed by atoms with Gasteiger partial charge in [0.1, 0.15) is 0 Å². The minimum absolute atomic E-state index is 0.00214. The third-order valence-electron chi connectivity index (χ3n) is 3.94. The second-order valence-corrected chi connectivity index (χ2v) is 5.97. The van der Waals surface area contributed by atoms with Gasteiger partial charge in [-0.25, -0.2) is 0 Å². The van der Waals surface area contributed by atoms with E-state index in [1.54, 1.807) is 0 Å². The van der Waals surface area contributed by atoms with Gasteiger partial charge in [0.05, 0.1) is 6.54 Å². The second kappa shape index (κ2) is 6.57. The molecule has 2 atom stereocenters. The number of benzene rings is 1. The fraction of sp³-hybridized carbons (Fsp3) is 0.533. The maximum absolute atomic E-state index is 12.1. The van der Waals surface area contributed by atoms with E-state index >= 15 is 0 Å². The maximum Gasteiger partial charge on any atom is 0.238 e. The molecule has 3 N–H and O–H groups in total. The standard InChI is InChI=1S/C15H22ClN3O/c1-10-8-12(17)6-7-19(10)9-15(20)18-14-5-3-4-13(16)11(14)2/h3-5,10,12H,6-9,17H2,1-2H3,(H,18,20). The molecule has 0 aromatic heterocycles. The zero-order chi connectivity index (χ0) is 14.7. The minimum Gasteiger partial charge on any atom is -0.328 e. The highest BCUT2D eigenvalue weighted by Crippen LogP contribution is 2.23. The van der Waals surface area contributed by atoms with E-state index in [2.05, 4.69) is 17.1 Å². The number of nitrogens with one attached hydrogen (secondary N) is 1. The molecule has 1 aromatic carbocycles. The number of nitrogens with two attached hydrogens (primary N) is 1. The van der Waals surface area contributed by atoms with Crippen molar-refractivity contribution in [3.63, 3.8) is 0 Å². The quantitative estimate of drug-likeness (QED) is 0.900. The first-order valence-corrected chi connectivity index (χ1v) is 7.39. The van der Waals surface area contributed by atoms with Gasteiger partial charge in [0.2, 0.25) is 5.91 Å². The molecule has 4 nitrogen and oxygen atoms in total. The van der Waals surface area contributed by atoms with Crippen LogP contribution in [0.25, 0.3) is 0 Å². The normalized spacial score (nSPS) is 23.6. The fourth-order valence-corrected chi connectivity index (χ4v) is 2.78. The van der Waals surface area contributed by atoms with Crippen LogP contribution in [0.4, 0.5) is 5.69 Å². The number of likely N-dealkylation sites (tertiary alicyclic amines) is 1. The van der Waals surface area contributed by atoms with Gasteiger partial charge in [-0.1, -0.05) is 17.7 Å². The van der Waals surface area contributed by atoms with Gasteiger partial charge in [0.25, 0.3) is 0 Å². The van der Waals surface area contributed by atoms with Crippen molar-refractivity contribution < 1.29 is 4.79 Å². The highest BCUT2D eigenvalue weighted by molar-refractivity contribution is 6.31. The predicted molar refractivity (Wildman–Crippen MR) is 83.1 cm³/mol. The van der Waals surface area contributed by atoms with E-state index < -0.39 is 0 Å². The molecule has 1 aliphatic heterocycles. The molecule has 2 rings (SSSR count). The number of piperidine rings is 1. The van der Waals surface area contributed by atoms with E-state index in [1.165, 1.54) is 0 Å². The van der Waals surface area contributed by atoms with Crippen molar-refractivity contribution in [3.8, 4) is 0 Å². The first kappa shape index (κ1) is 15.3. The third-order valence-corrected chi connectivity index (χ3v) is 4.35. The fourth-order valence-electron chi connectivity index (χ4n) is 2.61. The van der Waals surface area contributed by atoms with Crippen molar-refractivity contribution >= 4 is 23.2 Å². The zero-order valence-electron chi connectivity index (χ0n) is 12.0. The van der Waals surface area contributed by atoms with Crippen molar-refractivity contribution in [3.05, 3.63) is 28.8 Å². The summed E-state index contributed by atoms with van der Waals surface area (Å²) in [6.07, 6.45) is 1.90. The molecule has 0 saturated carbocycles. The third kappa shape index (κ3) is 3.72. The SMILES string of the molecule is Cc1c(Cl)cccc1NC(=O)CN1CCC(N)CC1C. The molecule has 0 spiro atoms. The van der Waals surface area contributed by atoms with Gasteiger partial charge < -0.3 is 11.1 Å². The number of nitrogens with zero attached hydrogens (tertiary/aromatic N) is 1.